The number of nitrogens with zero attached hydrogens (tertiary/aromatic N) is 4. The maximum absolute atomic E-state index is 4.46. The number of rotatable bonds is 6. The van der Waals surface area contributed by atoms with Crippen LogP contribution in [0.25, 0.3) is 0 Å². The molecule has 1 aliphatic heterocycles. The van der Waals surface area contributed by atoms with Crippen molar-refractivity contribution in [3.05, 3.63) is 29.6 Å². The Balaban J connectivity index is 1.86. The van der Waals surface area contributed by atoms with E-state index in [9.17, 15) is 0 Å². The van der Waals surface area contributed by atoms with Gasteiger partial charge in [0.25, 0.3) is 0 Å². The fraction of sp³-hybridized carbons (Fsp3) is 0.667. The minimum atomic E-state index is 0.733. The highest BCUT2D eigenvalue weighted by Crippen LogP contribution is 2.17. The van der Waals surface area contributed by atoms with Crippen molar-refractivity contribution in [2.24, 2.45) is 10.9 Å². The van der Waals surface area contributed by atoms with Gasteiger partial charge in [0.15, 0.2) is 5.96 Å². The fourth-order valence-corrected chi connectivity index (χ4v) is 3.22. The summed E-state index contributed by atoms with van der Waals surface area (Å²) in [4.78, 5) is 13.8. The van der Waals surface area contributed by atoms with E-state index in [1.165, 1.54) is 18.5 Å². The SMILES string of the molecule is CCN(CC)CC1CCN(C(=NC)NCc2ncccc2C)C1. The zero-order valence-corrected chi connectivity index (χ0v) is 15.0. The summed E-state index contributed by atoms with van der Waals surface area (Å²) in [6.07, 6.45) is 3.10. The molecule has 23 heavy (non-hydrogen) atoms. The first-order chi connectivity index (χ1) is 11.2. The summed E-state index contributed by atoms with van der Waals surface area (Å²) in [5, 5.41) is 3.47. The average Bonchev–Trinajstić information content (AvgIpc) is 3.03. The van der Waals surface area contributed by atoms with E-state index in [-0.39, 0.29) is 0 Å². The highest BCUT2D eigenvalue weighted by Gasteiger charge is 2.25. The van der Waals surface area contributed by atoms with Gasteiger partial charge in [0.05, 0.1) is 12.2 Å². The molecule has 5 heteroatoms. The Morgan fingerprint density at radius 2 is 2.22 bits per heavy atom. The van der Waals surface area contributed by atoms with E-state index in [4.69, 9.17) is 0 Å². The number of pyridine rings is 1. The van der Waals surface area contributed by atoms with Crippen molar-refractivity contribution in [3.63, 3.8) is 0 Å². The molecule has 0 aliphatic carbocycles. The summed E-state index contributed by atoms with van der Waals surface area (Å²) < 4.78 is 0. The zero-order chi connectivity index (χ0) is 16.7. The van der Waals surface area contributed by atoms with Crippen molar-refractivity contribution in [1.29, 1.82) is 0 Å². The molecule has 1 saturated heterocycles. The van der Waals surface area contributed by atoms with Crippen LogP contribution in [0.2, 0.25) is 0 Å². The average molecular weight is 317 g/mol. The lowest BCUT2D eigenvalue weighted by atomic mass is 10.1. The van der Waals surface area contributed by atoms with Crippen molar-refractivity contribution >= 4 is 5.96 Å². The molecule has 1 fully saturated rings. The monoisotopic (exact) mass is 317 g/mol. The smallest absolute Gasteiger partial charge is 0.193 e. The van der Waals surface area contributed by atoms with Gasteiger partial charge in [-0.05, 0) is 44.0 Å². The zero-order valence-electron chi connectivity index (χ0n) is 15.0. The third-order valence-corrected chi connectivity index (χ3v) is 4.74. The van der Waals surface area contributed by atoms with Gasteiger partial charge in [0.2, 0.25) is 0 Å². The Morgan fingerprint density at radius 1 is 1.43 bits per heavy atom. The molecule has 0 aromatic carbocycles. The minimum absolute atomic E-state index is 0.733. The predicted octanol–water partition coefficient (Wildman–Crippen LogP) is 2.13. The Hall–Kier alpha value is -1.62. The van der Waals surface area contributed by atoms with Crippen molar-refractivity contribution in [2.75, 3.05) is 39.8 Å². The number of aliphatic imine (C=N–C) groups is 1. The molecule has 1 N–H and O–H groups in total. The van der Waals surface area contributed by atoms with E-state index in [1.807, 2.05) is 19.3 Å². The van der Waals surface area contributed by atoms with E-state index in [1.54, 1.807) is 0 Å². The summed E-state index contributed by atoms with van der Waals surface area (Å²) >= 11 is 0. The van der Waals surface area contributed by atoms with Gasteiger partial charge < -0.3 is 15.1 Å². The molecule has 1 aliphatic rings. The van der Waals surface area contributed by atoms with Gasteiger partial charge in [-0.25, -0.2) is 0 Å². The van der Waals surface area contributed by atoms with Crippen LogP contribution in [-0.2, 0) is 6.54 Å². The number of hydrogen-bond acceptors (Lipinski definition) is 3. The van der Waals surface area contributed by atoms with Crippen LogP contribution in [0.4, 0.5) is 0 Å². The molecule has 0 bridgehead atoms. The number of aryl methyl sites for hydroxylation is 1. The van der Waals surface area contributed by atoms with Crippen LogP contribution in [0.1, 0.15) is 31.5 Å². The molecule has 1 atom stereocenters. The third kappa shape index (κ3) is 4.93. The number of hydrogen-bond donors (Lipinski definition) is 1. The maximum Gasteiger partial charge on any atom is 0.193 e. The quantitative estimate of drug-likeness (QED) is 0.645. The Bertz CT molecular complexity index is 510. The van der Waals surface area contributed by atoms with Crippen LogP contribution in [0.5, 0.6) is 0 Å². The first kappa shape index (κ1) is 17.7. The lowest BCUT2D eigenvalue weighted by Crippen LogP contribution is -2.40. The summed E-state index contributed by atoms with van der Waals surface area (Å²) in [7, 11) is 1.87. The van der Waals surface area contributed by atoms with Crippen molar-refractivity contribution in [2.45, 2.75) is 33.7 Å². The van der Waals surface area contributed by atoms with Gasteiger partial charge in [-0.15, -0.1) is 0 Å². The van der Waals surface area contributed by atoms with Gasteiger partial charge in [0, 0.05) is 32.9 Å². The maximum atomic E-state index is 4.46. The van der Waals surface area contributed by atoms with Gasteiger partial charge in [-0.1, -0.05) is 19.9 Å². The van der Waals surface area contributed by atoms with Crippen LogP contribution in [-0.4, -0.2) is 60.5 Å². The number of aromatic nitrogens is 1. The molecular weight excluding hydrogens is 286 g/mol. The second kappa shape index (κ2) is 8.87. The molecule has 128 valence electrons. The molecular formula is C18H31N5. The van der Waals surface area contributed by atoms with Gasteiger partial charge >= 0.3 is 0 Å². The molecule has 1 aromatic heterocycles. The fourth-order valence-electron chi connectivity index (χ4n) is 3.22. The number of likely N-dealkylation sites (tertiary alicyclic amines) is 1. The van der Waals surface area contributed by atoms with Crippen molar-refractivity contribution in [3.8, 4) is 0 Å². The van der Waals surface area contributed by atoms with Crippen LogP contribution < -0.4 is 5.32 Å². The Labute approximate surface area is 140 Å². The largest absolute Gasteiger partial charge is 0.351 e. The van der Waals surface area contributed by atoms with Crippen LogP contribution in [0.3, 0.4) is 0 Å². The number of nitrogens with one attached hydrogen (secondary N) is 1. The summed E-state index contributed by atoms with van der Waals surface area (Å²) in [6.45, 7) is 13.0. The molecule has 1 unspecified atom stereocenters. The molecule has 1 aromatic rings. The van der Waals surface area contributed by atoms with E-state index < -0.39 is 0 Å². The summed E-state index contributed by atoms with van der Waals surface area (Å²) in [5.41, 5.74) is 2.31. The minimum Gasteiger partial charge on any atom is -0.351 e. The second-order valence-electron chi connectivity index (χ2n) is 6.25. The second-order valence-corrected chi connectivity index (χ2v) is 6.25. The topological polar surface area (TPSA) is 43.8 Å². The van der Waals surface area contributed by atoms with Crippen molar-refractivity contribution in [1.82, 2.24) is 20.1 Å². The van der Waals surface area contributed by atoms with Crippen LogP contribution >= 0.6 is 0 Å². The molecule has 0 amide bonds. The van der Waals surface area contributed by atoms with Crippen molar-refractivity contribution < 1.29 is 0 Å². The van der Waals surface area contributed by atoms with Gasteiger partial charge in [-0.3, -0.25) is 9.98 Å². The van der Waals surface area contributed by atoms with E-state index >= 15 is 0 Å². The molecule has 2 rings (SSSR count). The van der Waals surface area contributed by atoms with E-state index in [0.29, 0.717) is 0 Å². The van der Waals surface area contributed by atoms with E-state index in [2.05, 4.69) is 51.9 Å². The lowest BCUT2D eigenvalue weighted by molar-refractivity contribution is 0.255. The standard InChI is InChI=1S/C18H31N5/c1-5-22(6-2)13-16-9-11-23(14-16)18(19-4)21-12-17-15(3)8-7-10-20-17/h7-8,10,16H,5-6,9,11-14H2,1-4H3,(H,19,21). The van der Waals surface area contributed by atoms with E-state index in [0.717, 1.165) is 50.3 Å². The van der Waals surface area contributed by atoms with Gasteiger partial charge in [-0.2, -0.15) is 0 Å². The van der Waals surface area contributed by atoms with Crippen LogP contribution in [0.15, 0.2) is 23.3 Å². The molecule has 0 radical (unpaired) electrons. The normalized spacial score (nSPS) is 18.7. The Morgan fingerprint density at radius 3 is 2.87 bits per heavy atom. The lowest BCUT2D eigenvalue weighted by Gasteiger charge is -2.24. The first-order valence-corrected chi connectivity index (χ1v) is 8.76. The highest BCUT2D eigenvalue weighted by molar-refractivity contribution is 5.80. The summed E-state index contributed by atoms with van der Waals surface area (Å²) in [5.74, 6) is 1.74. The molecule has 2 heterocycles. The highest BCUT2D eigenvalue weighted by atomic mass is 15.3. The first-order valence-electron chi connectivity index (χ1n) is 8.76. The predicted molar refractivity (Wildman–Crippen MR) is 96.6 cm³/mol. The summed E-state index contributed by atoms with van der Waals surface area (Å²) in [6, 6.07) is 4.08. The molecule has 0 spiro atoms. The third-order valence-electron chi connectivity index (χ3n) is 4.74. The van der Waals surface area contributed by atoms with Crippen LogP contribution in [0, 0.1) is 12.8 Å². The number of guanidine groups is 1. The molecule has 5 nitrogen and oxygen atoms in total. The van der Waals surface area contributed by atoms with Gasteiger partial charge in [0.1, 0.15) is 0 Å². The Kier molecular flexibility index (Phi) is 6.84. The molecule has 0 saturated carbocycles.